The Morgan fingerprint density at radius 1 is 1.17 bits per heavy atom. The Kier molecular flexibility index (Phi) is 5.27. The molecule has 0 radical (unpaired) electrons. The number of methoxy groups -OCH3 is 1. The molecule has 1 aromatic carbocycles. The Hall–Kier alpha value is -2.51. The van der Waals surface area contributed by atoms with Crippen LogP contribution in [0, 0.1) is 11.8 Å². The molecule has 6 nitrogen and oxygen atoms in total. The monoisotopic (exact) mass is 413 g/mol. The third-order valence-electron chi connectivity index (χ3n) is 6.17. The van der Waals surface area contributed by atoms with Crippen molar-refractivity contribution in [3.05, 3.63) is 52.7 Å². The van der Waals surface area contributed by atoms with Crippen molar-refractivity contribution in [1.82, 2.24) is 0 Å². The van der Waals surface area contributed by atoms with E-state index in [1.807, 2.05) is 35.8 Å². The molecule has 2 aliphatic rings. The number of amides is 2. The summed E-state index contributed by atoms with van der Waals surface area (Å²) in [6.07, 6.45) is 2.16. The molecule has 29 heavy (non-hydrogen) atoms. The number of esters is 1. The molecule has 7 heteroatoms. The fourth-order valence-electron chi connectivity index (χ4n) is 4.89. The minimum atomic E-state index is -1.08. The fourth-order valence-corrected chi connectivity index (χ4v) is 5.73. The Labute approximate surface area is 173 Å². The van der Waals surface area contributed by atoms with Gasteiger partial charge in [-0.25, -0.2) is 9.69 Å². The summed E-state index contributed by atoms with van der Waals surface area (Å²) in [4.78, 5) is 42.4. The molecule has 0 unspecified atom stereocenters. The largest absolute Gasteiger partial charge is 0.464 e. The fraction of sp³-hybridized carbons (Fsp3) is 0.409. The summed E-state index contributed by atoms with van der Waals surface area (Å²) in [7, 11) is 1.35. The number of carbonyl (C=O) groups excluding carboxylic acids is 3. The van der Waals surface area contributed by atoms with Crippen molar-refractivity contribution < 1.29 is 24.4 Å². The Bertz CT molecular complexity index is 914. The van der Waals surface area contributed by atoms with Crippen molar-refractivity contribution >= 4 is 34.8 Å². The molecule has 2 saturated heterocycles. The summed E-state index contributed by atoms with van der Waals surface area (Å²) in [5, 5.41) is 3.90. The van der Waals surface area contributed by atoms with Gasteiger partial charge in [-0.3, -0.25) is 9.59 Å². The second-order valence-corrected chi connectivity index (χ2v) is 8.67. The molecule has 4 atom stereocenters. The zero-order chi connectivity index (χ0) is 20.6. The predicted octanol–water partition coefficient (Wildman–Crippen LogP) is 2.27. The number of ether oxygens (including phenoxy) is 1. The number of fused-ring (bicyclic) bond motifs is 1. The first kappa shape index (κ1) is 19.8. The summed E-state index contributed by atoms with van der Waals surface area (Å²) in [6, 6.07) is 12.6. The molecule has 152 valence electrons. The number of para-hydroxylation sites is 1. The minimum Gasteiger partial charge on any atom is -0.464 e. The topological polar surface area (TPSA) is 80.3 Å². The highest BCUT2D eigenvalue weighted by molar-refractivity contribution is 7.10. The highest BCUT2D eigenvalue weighted by atomic mass is 32.1. The Balaban J connectivity index is 1.84. The third-order valence-corrected chi connectivity index (χ3v) is 7.14. The van der Waals surface area contributed by atoms with Crippen LogP contribution >= 0.6 is 11.3 Å². The van der Waals surface area contributed by atoms with Crippen molar-refractivity contribution in [2.45, 2.75) is 37.8 Å². The van der Waals surface area contributed by atoms with Gasteiger partial charge in [0, 0.05) is 6.42 Å². The maximum absolute atomic E-state index is 13.6. The standard InChI is InChI=1S/C22H24N2O4S/c1-3-4-12-22(21(27)28-2)17-16(18(23-22)15-11-8-13-29-15)19(25)24(20(17)26)14-9-6-5-7-10-14/h5-11,13,16-18,23H,3-4,12H2,1-2H3/p+1/t16-,17+,18-,22-/m0/s1. The quantitative estimate of drug-likeness (QED) is 0.582. The molecule has 0 saturated carbocycles. The average Bonchev–Trinajstić information content (AvgIpc) is 3.44. The third kappa shape index (κ3) is 3.00. The van der Waals surface area contributed by atoms with Gasteiger partial charge in [-0.1, -0.05) is 37.6 Å². The molecule has 2 N–H and O–H groups in total. The van der Waals surface area contributed by atoms with Gasteiger partial charge in [-0.2, -0.15) is 0 Å². The lowest BCUT2D eigenvalue weighted by Crippen LogP contribution is -2.98. The SMILES string of the molecule is CCCC[C@]1(C(=O)OC)[NH2+][C@@H](c2cccs2)[C@H]2C(=O)N(c3ccccc3)C(=O)[C@@H]21. The van der Waals surface area contributed by atoms with Gasteiger partial charge < -0.3 is 10.1 Å². The first-order valence-corrected chi connectivity index (χ1v) is 10.8. The molecule has 2 amide bonds. The van der Waals surface area contributed by atoms with Crippen LogP contribution in [0.4, 0.5) is 5.69 Å². The van der Waals surface area contributed by atoms with Crippen molar-refractivity contribution in [1.29, 1.82) is 0 Å². The van der Waals surface area contributed by atoms with Crippen LogP contribution in [-0.4, -0.2) is 30.4 Å². The number of hydrogen-bond acceptors (Lipinski definition) is 5. The maximum Gasteiger partial charge on any atom is 0.368 e. The number of thiophene rings is 1. The van der Waals surface area contributed by atoms with Crippen LogP contribution in [0.3, 0.4) is 0 Å². The molecule has 4 rings (SSSR count). The van der Waals surface area contributed by atoms with Crippen LogP contribution in [0.5, 0.6) is 0 Å². The van der Waals surface area contributed by atoms with Crippen LogP contribution in [0.1, 0.15) is 37.1 Å². The predicted molar refractivity (Wildman–Crippen MR) is 109 cm³/mol. The number of hydrogen-bond donors (Lipinski definition) is 1. The summed E-state index contributed by atoms with van der Waals surface area (Å²) < 4.78 is 5.18. The zero-order valence-electron chi connectivity index (χ0n) is 16.5. The number of imide groups is 1. The first-order chi connectivity index (χ1) is 14.0. The summed E-state index contributed by atoms with van der Waals surface area (Å²) in [5.41, 5.74) is -0.531. The zero-order valence-corrected chi connectivity index (χ0v) is 17.4. The van der Waals surface area contributed by atoms with E-state index in [0.717, 1.165) is 17.7 Å². The van der Waals surface area contributed by atoms with Crippen LogP contribution in [0.25, 0.3) is 0 Å². The number of nitrogens with two attached hydrogens (primary N) is 1. The number of carbonyl (C=O) groups is 3. The average molecular weight is 414 g/mol. The van der Waals surface area contributed by atoms with Gasteiger partial charge in [0.2, 0.25) is 17.4 Å². The van der Waals surface area contributed by atoms with E-state index in [-0.39, 0.29) is 17.9 Å². The lowest BCUT2D eigenvalue weighted by molar-refractivity contribution is -0.734. The minimum absolute atomic E-state index is 0.233. The summed E-state index contributed by atoms with van der Waals surface area (Å²) in [5.74, 6) is -2.28. The number of rotatable bonds is 6. The first-order valence-electron chi connectivity index (χ1n) is 9.96. The van der Waals surface area contributed by atoms with E-state index in [0.29, 0.717) is 12.1 Å². The molecular formula is C22H25N2O4S+. The molecule has 1 aromatic heterocycles. The van der Waals surface area contributed by atoms with Gasteiger partial charge in [0.05, 0.1) is 17.7 Å². The Morgan fingerprint density at radius 2 is 1.93 bits per heavy atom. The van der Waals surface area contributed by atoms with Crippen LogP contribution in [0.2, 0.25) is 0 Å². The van der Waals surface area contributed by atoms with Crippen LogP contribution in [0.15, 0.2) is 47.8 Å². The van der Waals surface area contributed by atoms with Crippen molar-refractivity contribution in [3.63, 3.8) is 0 Å². The second kappa shape index (κ2) is 7.72. The van der Waals surface area contributed by atoms with E-state index in [1.54, 1.807) is 35.6 Å². The molecule has 3 heterocycles. The van der Waals surface area contributed by atoms with Crippen LogP contribution in [-0.2, 0) is 19.1 Å². The number of nitrogens with zero attached hydrogens (tertiary/aromatic N) is 1. The maximum atomic E-state index is 13.6. The number of benzene rings is 1. The van der Waals surface area contributed by atoms with E-state index >= 15 is 0 Å². The normalized spacial score (nSPS) is 28.6. The molecule has 2 aromatic rings. The van der Waals surface area contributed by atoms with Gasteiger partial charge in [-0.15, -0.1) is 11.3 Å². The smallest absolute Gasteiger partial charge is 0.368 e. The lowest BCUT2D eigenvalue weighted by Gasteiger charge is -2.29. The lowest BCUT2D eigenvalue weighted by atomic mass is 9.77. The highest BCUT2D eigenvalue weighted by Crippen LogP contribution is 2.48. The van der Waals surface area contributed by atoms with Crippen LogP contribution < -0.4 is 10.2 Å². The van der Waals surface area contributed by atoms with Crippen molar-refractivity contribution in [2.75, 3.05) is 12.0 Å². The highest BCUT2D eigenvalue weighted by Gasteiger charge is 2.72. The molecular weight excluding hydrogens is 388 g/mol. The summed E-state index contributed by atoms with van der Waals surface area (Å²) >= 11 is 1.55. The summed E-state index contributed by atoms with van der Waals surface area (Å²) in [6.45, 7) is 2.05. The van der Waals surface area contributed by atoms with E-state index < -0.39 is 23.3 Å². The van der Waals surface area contributed by atoms with Crippen molar-refractivity contribution in [3.8, 4) is 0 Å². The van der Waals surface area contributed by atoms with Gasteiger partial charge in [0.1, 0.15) is 17.9 Å². The van der Waals surface area contributed by atoms with Gasteiger partial charge in [0.25, 0.3) is 0 Å². The molecule has 0 spiro atoms. The van der Waals surface area contributed by atoms with E-state index in [9.17, 15) is 14.4 Å². The van der Waals surface area contributed by atoms with E-state index in [4.69, 9.17) is 4.74 Å². The number of anilines is 1. The molecule has 0 bridgehead atoms. The van der Waals surface area contributed by atoms with E-state index in [1.165, 1.54) is 12.0 Å². The van der Waals surface area contributed by atoms with Gasteiger partial charge in [-0.05, 0) is 30.0 Å². The number of quaternary nitrogens is 1. The molecule has 2 aliphatic heterocycles. The molecule has 0 aliphatic carbocycles. The molecule has 2 fully saturated rings. The van der Waals surface area contributed by atoms with Gasteiger partial charge >= 0.3 is 5.97 Å². The van der Waals surface area contributed by atoms with Gasteiger partial charge in [0.15, 0.2) is 0 Å². The number of unbranched alkanes of at least 4 members (excludes halogenated alkanes) is 1. The van der Waals surface area contributed by atoms with Crippen molar-refractivity contribution in [2.24, 2.45) is 11.8 Å². The second-order valence-electron chi connectivity index (χ2n) is 7.69. The Morgan fingerprint density at radius 3 is 2.55 bits per heavy atom. The van der Waals surface area contributed by atoms with E-state index in [2.05, 4.69) is 0 Å².